The Morgan fingerprint density at radius 1 is 1.00 bits per heavy atom. The summed E-state index contributed by atoms with van der Waals surface area (Å²) in [5.74, 6) is 0.720. The van der Waals surface area contributed by atoms with Crippen molar-refractivity contribution in [1.82, 2.24) is 0 Å². The molecule has 3 nitrogen and oxygen atoms in total. The second-order valence-corrected chi connectivity index (χ2v) is 7.90. The zero-order chi connectivity index (χ0) is 21.1. The van der Waals surface area contributed by atoms with E-state index in [1.807, 2.05) is 72.8 Å². The molecule has 0 N–H and O–H groups in total. The fourth-order valence-electron chi connectivity index (χ4n) is 3.53. The molecule has 0 unspecified atom stereocenters. The van der Waals surface area contributed by atoms with Crippen molar-refractivity contribution in [2.45, 2.75) is 13.3 Å². The monoisotopic (exact) mass is 459 g/mol. The second-order valence-electron chi connectivity index (χ2n) is 7.05. The van der Waals surface area contributed by atoms with Gasteiger partial charge in [-0.15, -0.1) is 0 Å². The Labute approximate surface area is 185 Å². The normalized spacial score (nSPS) is 14.9. The molecule has 0 fully saturated rings. The summed E-state index contributed by atoms with van der Waals surface area (Å²) in [5.41, 5.74) is 5.57. The van der Waals surface area contributed by atoms with Crippen LogP contribution in [-0.4, -0.2) is 13.0 Å². The quantitative estimate of drug-likeness (QED) is 0.408. The van der Waals surface area contributed by atoms with Crippen LogP contribution in [0.1, 0.15) is 23.6 Å². The van der Waals surface area contributed by atoms with E-state index in [-0.39, 0.29) is 5.91 Å². The first kappa shape index (κ1) is 20.2. The van der Waals surface area contributed by atoms with Gasteiger partial charge in [-0.05, 0) is 75.5 Å². The molecule has 3 aromatic carbocycles. The third-order valence-electron chi connectivity index (χ3n) is 5.15. The standard InChI is InChI=1S/C26H22BrNO2/c1-3-18-9-12-22(13-10-18)28-24(20-7-5-4-6-8-20)17-21(26(28)29)15-19-11-14-25(30-2)23(27)16-19/h4-17H,3H2,1-2H3/b21-15+. The minimum atomic E-state index is -0.0370. The maximum absolute atomic E-state index is 13.4. The maximum Gasteiger partial charge on any atom is 0.262 e. The maximum atomic E-state index is 13.4. The van der Waals surface area contributed by atoms with Crippen LogP contribution in [0.3, 0.4) is 0 Å². The third kappa shape index (κ3) is 3.96. The average molecular weight is 460 g/mol. The van der Waals surface area contributed by atoms with Crippen LogP contribution in [0.15, 0.2) is 88.9 Å². The van der Waals surface area contributed by atoms with Gasteiger partial charge >= 0.3 is 0 Å². The summed E-state index contributed by atoms with van der Waals surface area (Å²) in [6.45, 7) is 2.12. The van der Waals surface area contributed by atoms with Crippen molar-refractivity contribution in [2.75, 3.05) is 12.0 Å². The van der Waals surface area contributed by atoms with Crippen LogP contribution < -0.4 is 9.64 Å². The molecular formula is C26H22BrNO2. The molecule has 0 aliphatic carbocycles. The molecule has 4 rings (SSSR count). The molecular weight excluding hydrogens is 438 g/mol. The number of anilines is 1. The van der Waals surface area contributed by atoms with Gasteiger partial charge in [0.15, 0.2) is 0 Å². The van der Waals surface area contributed by atoms with Crippen LogP contribution in [0.5, 0.6) is 5.75 Å². The number of amides is 1. The van der Waals surface area contributed by atoms with Gasteiger partial charge in [-0.25, -0.2) is 0 Å². The summed E-state index contributed by atoms with van der Waals surface area (Å²) in [6, 6.07) is 24.0. The summed E-state index contributed by atoms with van der Waals surface area (Å²) < 4.78 is 6.16. The van der Waals surface area contributed by atoms with Gasteiger partial charge in [-0.1, -0.05) is 55.5 Å². The van der Waals surface area contributed by atoms with Crippen molar-refractivity contribution in [1.29, 1.82) is 0 Å². The highest BCUT2D eigenvalue weighted by molar-refractivity contribution is 9.10. The Kier molecular flexibility index (Phi) is 5.86. The summed E-state index contributed by atoms with van der Waals surface area (Å²) in [5, 5.41) is 0. The molecule has 4 heteroatoms. The molecule has 1 heterocycles. The topological polar surface area (TPSA) is 29.5 Å². The van der Waals surface area contributed by atoms with E-state index in [9.17, 15) is 4.79 Å². The smallest absolute Gasteiger partial charge is 0.262 e. The van der Waals surface area contributed by atoms with Gasteiger partial charge in [0.2, 0.25) is 0 Å². The molecule has 1 aliphatic rings. The summed E-state index contributed by atoms with van der Waals surface area (Å²) >= 11 is 3.52. The van der Waals surface area contributed by atoms with Crippen molar-refractivity contribution in [3.05, 3.63) is 106 Å². The summed E-state index contributed by atoms with van der Waals surface area (Å²) in [7, 11) is 1.63. The van der Waals surface area contributed by atoms with E-state index in [4.69, 9.17) is 4.74 Å². The lowest BCUT2D eigenvalue weighted by molar-refractivity contribution is -0.113. The zero-order valence-electron chi connectivity index (χ0n) is 16.9. The number of carbonyl (C=O) groups excluding carboxylic acids is 1. The Morgan fingerprint density at radius 3 is 2.37 bits per heavy atom. The number of hydrogen-bond donors (Lipinski definition) is 0. The van der Waals surface area contributed by atoms with Gasteiger partial charge in [0, 0.05) is 11.3 Å². The molecule has 0 saturated heterocycles. The van der Waals surface area contributed by atoms with Gasteiger partial charge in [-0.2, -0.15) is 0 Å². The van der Waals surface area contributed by atoms with Gasteiger partial charge < -0.3 is 4.74 Å². The Hall–Kier alpha value is -3.11. The SMILES string of the molecule is CCc1ccc(N2C(=O)/C(=C/c3ccc(OC)c(Br)c3)C=C2c2ccccc2)cc1. The molecule has 0 radical (unpaired) electrons. The van der Waals surface area contributed by atoms with Crippen molar-refractivity contribution < 1.29 is 9.53 Å². The molecule has 1 aliphatic heterocycles. The van der Waals surface area contributed by atoms with Crippen LogP contribution >= 0.6 is 15.9 Å². The van der Waals surface area contributed by atoms with E-state index in [1.54, 1.807) is 12.0 Å². The van der Waals surface area contributed by atoms with Crippen LogP contribution in [0.2, 0.25) is 0 Å². The number of hydrogen-bond acceptors (Lipinski definition) is 2. The highest BCUT2D eigenvalue weighted by Crippen LogP contribution is 2.36. The molecule has 0 aromatic heterocycles. The zero-order valence-corrected chi connectivity index (χ0v) is 18.5. The van der Waals surface area contributed by atoms with E-state index >= 15 is 0 Å². The van der Waals surface area contributed by atoms with Crippen LogP contribution in [-0.2, 0) is 11.2 Å². The number of benzene rings is 3. The number of aryl methyl sites for hydroxylation is 1. The molecule has 150 valence electrons. The molecule has 0 bridgehead atoms. The summed E-state index contributed by atoms with van der Waals surface area (Å²) in [4.78, 5) is 15.2. The summed E-state index contributed by atoms with van der Waals surface area (Å²) in [6.07, 6.45) is 4.84. The minimum Gasteiger partial charge on any atom is -0.496 e. The van der Waals surface area contributed by atoms with Crippen molar-refractivity contribution in [3.8, 4) is 5.75 Å². The van der Waals surface area contributed by atoms with Crippen molar-refractivity contribution in [3.63, 3.8) is 0 Å². The number of carbonyl (C=O) groups is 1. The van der Waals surface area contributed by atoms with E-state index in [0.717, 1.165) is 39.2 Å². The largest absolute Gasteiger partial charge is 0.496 e. The van der Waals surface area contributed by atoms with Crippen LogP contribution in [0.4, 0.5) is 5.69 Å². The fourth-order valence-corrected chi connectivity index (χ4v) is 4.08. The molecule has 3 aromatic rings. The number of ether oxygens (including phenoxy) is 1. The lowest BCUT2D eigenvalue weighted by atomic mass is 10.1. The lowest BCUT2D eigenvalue weighted by Gasteiger charge is -2.21. The average Bonchev–Trinajstić information content (AvgIpc) is 3.10. The molecule has 0 spiro atoms. The van der Waals surface area contributed by atoms with Crippen LogP contribution in [0, 0.1) is 0 Å². The Morgan fingerprint density at radius 2 is 1.73 bits per heavy atom. The van der Waals surface area contributed by atoms with Crippen LogP contribution in [0.25, 0.3) is 11.8 Å². The first-order chi connectivity index (χ1) is 14.6. The van der Waals surface area contributed by atoms with E-state index < -0.39 is 0 Å². The second kappa shape index (κ2) is 8.72. The van der Waals surface area contributed by atoms with Gasteiger partial charge in [0.05, 0.1) is 17.3 Å². The van der Waals surface area contributed by atoms with E-state index in [0.29, 0.717) is 5.57 Å². The van der Waals surface area contributed by atoms with Gasteiger partial charge in [0.25, 0.3) is 5.91 Å². The lowest BCUT2D eigenvalue weighted by Crippen LogP contribution is -2.24. The first-order valence-corrected chi connectivity index (χ1v) is 10.7. The Bertz CT molecular complexity index is 1130. The molecule has 1 amide bonds. The van der Waals surface area contributed by atoms with E-state index in [1.165, 1.54) is 5.56 Å². The molecule has 0 atom stereocenters. The van der Waals surface area contributed by atoms with Crippen molar-refractivity contribution in [2.24, 2.45) is 0 Å². The third-order valence-corrected chi connectivity index (χ3v) is 5.77. The predicted molar refractivity (Wildman–Crippen MR) is 126 cm³/mol. The number of halogens is 1. The van der Waals surface area contributed by atoms with Gasteiger partial charge in [0.1, 0.15) is 5.75 Å². The number of rotatable bonds is 5. The highest BCUT2D eigenvalue weighted by Gasteiger charge is 2.30. The predicted octanol–water partition coefficient (Wildman–Crippen LogP) is 6.49. The number of nitrogens with zero attached hydrogens (tertiary/aromatic N) is 1. The van der Waals surface area contributed by atoms with E-state index in [2.05, 4.69) is 35.0 Å². The Balaban J connectivity index is 1.78. The van der Waals surface area contributed by atoms with Crippen molar-refractivity contribution >= 4 is 39.3 Å². The fraction of sp³-hybridized carbons (Fsp3) is 0.115. The first-order valence-electron chi connectivity index (χ1n) is 9.86. The molecule has 0 saturated carbocycles. The minimum absolute atomic E-state index is 0.0370. The highest BCUT2D eigenvalue weighted by atomic mass is 79.9. The number of methoxy groups -OCH3 is 1. The molecule has 30 heavy (non-hydrogen) atoms. The van der Waals surface area contributed by atoms with Gasteiger partial charge in [-0.3, -0.25) is 9.69 Å².